The maximum Gasteiger partial charge on any atom is 0.276 e. The standard InChI is InChI=1S/C20H18BrN3O4S/c1-27-16-9-13(7-14(21)18(16)28-11-17(22)25)8-15-19(26)24(20(29)23-15)10-12-5-3-2-4-6-12/h2-9H,10-11H2,1H3,(H2,22,25)(H,23,29)/b15-8-. The van der Waals surface area contributed by atoms with E-state index in [0.29, 0.717) is 38.9 Å². The van der Waals surface area contributed by atoms with E-state index in [9.17, 15) is 9.59 Å². The highest BCUT2D eigenvalue weighted by Gasteiger charge is 2.30. The van der Waals surface area contributed by atoms with Crippen molar-refractivity contribution in [2.24, 2.45) is 5.73 Å². The first-order chi connectivity index (χ1) is 13.9. The second-order valence-electron chi connectivity index (χ2n) is 6.15. The number of benzene rings is 2. The smallest absolute Gasteiger partial charge is 0.276 e. The molecule has 9 heteroatoms. The van der Waals surface area contributed by atoms with E-state index in [2.05, 4.69) is 21.2 Å². The first-order valence-corrected chi connectivity index (χ1v) is 9.76. The number of amides is 2. The van der Waals surface area contributed by atoms with Gasteiger partial charge in [0.15, 0.2) is 23.2 Å². The Morgan fingerprint density at radius 2 is 2.03 bits per heavy atom. The van der Waals surface area contributed by atoms with Gasteiger partial charge < -0.3 is 20.5 Å². The summed E-state index contributed by atoms with van der Waals surface area (Å²) in [6.07, 6.45) is 1.67. The lowest BCUT2D eigenvalue weighted by Crippen LogP contribution is -2.29. The number of carbonyl (C=O) groups is 2. The maximum atomic E-state index is 12.8. The van der Waals surface area contributed by atoms with Crippen molar-refractivity contribution in [3.05, 3.63) is 63.8 Å². The van der Waals surface area contributed by atoms with E-state index >= 15 is 0 Å². The van der Waals surface area contributed by atoms with Gasteiger partial charge in [-0.2, -0.15) is 0 Å². The van der Waals surface area contributed by atoms with Crippen molar-refractivity contribution in [3.8, 4) is 11.5 Å². The van der Waals surface area contributed by atoms with Crippen molar-refractivity contribution in [2.45, 2.75) is 6.54 Å². The fraction of sp³-hybridized carbons (Fsp3) is 0.150. The molecule has 2 amide bonds. The molecular formula is C20H18BrN3O4S. The number of ether oxygens (including phenoxy) is 2. The Balaban J connectivity index is 1.84. The molecule has 0 spiro atoms. The highest BCUT2D eigenvalue weighted by atomic mass is 79.9. The van der Waals surface area contributed by atoms with Crippen LogP contribution in [0.1, 0.15) is 11.1 Å². The van der Waals surface area contributed by atoms with Gasteiger partial charge in [-0.05, 0) is 57.5 Å². The van der Waals surface area contributed by atoms with Gasteiger partial charge in [0.2, 0.25) is 0 Å². The van der Waals surface area contributed by atoms with Gasteiger partial charge in [0.25, 0.3) is 11.8 Å². The van der Waals surface area contributed by atoms with Gasteiger partial charge in [0, 0.05) is 0 Å². The first-order valence-electron chi connectivity index (χ1n) is 8.56. The summed E-state index contributed by atoms with van der Waals surface area (Å²) in [5.41, 5.74) is 7.14. The molecule has 1 aliphatic heterocycles. The lowest BCUT2D eigenvalue weighted by molar-refractivity contribution is -0.122. The normalized spacial score (nSPS) is 14.8. The third-order valence-electron chi connectivity index (χ3n) is 4.07. The molecule has 0 atom stereocenters. The molecule has 2 aromatic carbocycles. The van der Waals surface area contributed by atoms with Crippen LogP contribution in [-0.2, 0) is 16.1 Å². The minimum absolute atomic E-state index is 0.219. The number of nitrogens with zero attached hydrogens (tertiary/aromatic N) is 1. The molecule has 150 valence electrons. The van der Waals surface area contributed by atoms with Gasteiger partial charge in [-0.25, -0.2) is 0 Å². The zero-order chi connectivity index (χ0) is 21.0. The zero-order valence-electron chi connectivity index (χ0n) is 15.5. The summed E-state index contributed by atoms with van der Waals surface area (Å²) in [6, 6.07) is 13.0. The minimum Gasteiger partial charge on any atom is -0.493 e. The summed E-state index contributed by atoms with van der Waals surface area (Å²) >= 11 is 8.71. The Labute approximate surface area is 181 Å². The average molecular weight is 476 g/mol. The first kappa shape index (κ1) is 20.8. The molecular weight excluding hydrogens is 458 g/mol. The number of nitrogens with two attached hydrogens (primary N) is 1. The molecule has 3 N–H and O–H groups in total. The largest absolute Gasteiger partial charge is 0.493 e. The molecule has 0 radical (unpaired) electrons. The van der Waals surface area contributed by atoms with Crippen LogP contribution in [0.4, 0.5) is 0 Å². The fourth-order valence-corrected chi connectivity index (χ4v) is 3.59. The number of carbonyl (C=O) groups excluding carboxylic acids is 2. The number of thiocarbonyl (C=S) groups is 1. The second-order valence-corrected chi connectivity index (χ2v) is 7.40. The quantitative estimate of drug-likeness (QED) is 0.472. The Morgan fingerprint density at radius 1 is 1.31 bits per heavy atom. The van der Waals surface area contributed by atoms with Crippen LogP contribution in [0.25, 0.3) is 6.08 Å². The van der Waals surface area contributed by atoms with Crippen molar-refractivity contribution in [3.63, 3.8) is 0 Å². The Bertz CT molecular complexity index is 995. The van der Waals surface area contributed by atoms with Crippen LogP contribution in [-0.4, -0.2) is 35.5 Å². The third kappa shape index (κ3) is 4.93. The zero-order valence-corrected chi connectivity index (χ0v) is 17.9. The number of rotatable bonds is 7. The van der Waals surface area contributed by atoms with E-state index in [1.54, 1.807) is 18.2 Å². The predicted molar refractivity (Wildman–Crippen MR) is 116 cm³/mol. The molecule has 0 aromatic heterocycles. The van der Waals surface area contributed by atoms with Crippen molar-refractivity contribution >= 4 is 51.2 Å². The molecule has 0 unspecified atom stereocenters. The summed E-state index contributed by atoms with van der Waals surface area (Å²) in [6.45, 7) is 0.105. The molecule has 1 heterocycles. The topological polar surface area (TPSA) is 93.9 Å². The molecule has 1 aliphatic rings. The van der Waals surface area contributed by atoms with Crippen LogP contribution < -0.4 is 20.5 Å². The van der Waals surface area contributed by atoms with Gasteiger partial charge in [0.1, 0.15) is 5.70 Å². The van der Waals surface area contributed by atoms with Crippen LogP contribution in [0, 0.1) is 0 Å². The van der Waals surface area contributed by atoms with E-state index in [4.69, 9.17) is 27.4 Å². The Kier molecular flexibility index (Phi) is 6.50. The van der Waals surface area contributed by atoms with Gasteiger partial charge in [-0.1, -0.05) is 30.3 Å². The number of methoxy groups -OCH3 is 1. The summed E-state index contributed by atoms with van der Waals surface area (Å²) in [5.74, 6) is -0.0806. The summed E-state index contributed by atoms with van der Waals surface area (Å²) < 4.78 is 11.3. The van der Waals surface area contributed by atoms with Crippen LogP contribution >= 0.6 is 28.1 Å². The van der Waals surface area contributed by atoms with Gasteiger partial charge in [-0.3, -0.25) is 14.5 Å². The molecule has 0 saturated carbocycles. The summed E-state index contributed by atoms with van der Waals surface area (Å²) in [5, 5.41) is 3.30. The molecule has 0 bridgehead atoms. The second kappa shape index (κ2) is 9.06. The molecule has 29 heavy (non-hydrogen) atoms. The van der Waals surface area contributed by atoms with Crippen molar-refractivity contribution in [1.82, 2.24) is 10.2 Å². The van der Waals surface area contributed by atoms with Gasteiger partial charge in [-0.15, -0.1) is 0 Å². The molecule has 2 aromatic rings. The number of hydrogen-bond acceptors (Lipinski definition) is 5. The monoisotopic (exact) mass is 475 g/mol. The summed E-state index contributed by atoms with van der Waals surface area (Å²) in [4.78, 5) is 25.3. The molecule has 0 aliphatic carbocycles. The van der Waals surface area contributed by atoms with E-state index in [1.807, 2.05) is 30.3 Å². The van der Waals surface area contributed by atoms with Crippen LogP contribution in [0.3, 0.4) is 0 Å². The van der Waals surface area contributed by atoms with E-state index in [0.717, 1.165) is 5.56 Å². The van der Waals surface area contributed by atoms with Crippen LogP contribution in [0.15, 0.2) is 52.6 Å². The average Bonchev–Trinajstić information content (AvgIpc) is 2.94. The maximum absolute atomic E-state index is 12.8. The Morgan fingerprint density at radius 3 is 2.69 bits per heavy atom. The molecule has 3 rings (SSSR count). The number of hydrogen-bond donors (Lipinski definition) is 2. The Hall–Kier alpha value is -2.91. The molecule has 1 fully saturated rings. The van der Waals surface area contributed by atoms with Gasteiger partial charge in [0.05, 0.1) is 18.1 Å². The van der Waals surface area contributed by atoms with E-state index in [1.165, 1.54) is 12.0 Å². The van der Waals surface area contributed by atoms with Crippen molar-refractivity contribution in [2.75, 3.05) is 13.7 Å². The number of nitrogens with one attached hydrogen (secondary N) is 1. The van der Waals surface area contributed by atoms with Crippen molar-refractivity contribution in [1.29, 1.82) is 0 Å². The van der Waals surface area contributed by atoms with Crippen LogP contribution in [0.2, 0.25) is 0 Å². The third-order valence-corrected chi connectivity index (χ3v) is 4.98. The highest BCUT2D eigenvalue weighted by molar-refractivity contribution is 9.10. The predicted octanol–water partition coefficient (Wildman–Crippen LogP) is 2.58. The molecule has 1 saturated heterocycles. The number of halogens is 1. The van der Waals surface area contributed by atoms with E-state index in [-0.39, 0.29) is 12.5 Å². The van der Waals surface area contributed by atoms with Crippen molar-refractivity contribution < 1.29 is 19.1 Å². The lowest BCUT2D eigenvalue weighted by atomic mass is 10.1. The van der Waals surface area contributed by atoms with Crippen LogP contribution in [0.5, 0.6) is 11.5 Å². The number of primary amides is 1. The SMILES string of the molecule is COc1cc(/C=C2\NC(=S)N(Cc3ccccc3)C2=O)cc(Br)c1OCC(N)=O. The lowest BCUT2D eigenvalue weighted by Gasteiger charge is -2.13. The van der Waals surface area contributed by atoms with E-state index < -0.39 is 5.91 Å². The summed E-state index contributed by atoms with van der Waals surface area (Å²) in [7, 11) is 1.48. The molecule has 7 nitrogen and oxygen atoms in total. The van der Waals surface area contributed by atoms with Gasteiger partial charge >= 0.3 is 0 Å². The fourth-order valence-electron chi connectivity index (χ4n) is 2.75. The minimum atomic E-state index is -0.599. The highest BCUT2D eigenvalue weighted by Crippen LogP contribution is 2.37.